The van der Waals surface area contributed by atoms with E-state index in [1.165, 1.54) is 11.0 Å². The molecule has 108 valence electrons. The van der Waals surface area contributed by atoms with Crippen molar-refractivity contribution in [1.82, 2.24) is 9.78 Å². The molecule has 3 rings (SSSR count). The maximum atomic E-state index is 12.2. The predicted octanol–water partition coefficient (Wildman–Crippen LogP) is 2.87. The number of carbonyl (C=O) groups is 2. The summed E-state index contributed by atoms with van der Waals surface area (Å²) in [4.78, 5) is 25.7. The first-order chi connectivity index (χ1) is 9.90. The van der Waals surface area contributed by atoms with Gasteiger partial charge in [0, 0.05) is 12.1 Å². The van der Waals surface area contributed by atoms with Crippen LogP contribution >= 0.6 is 27.5 Å². The number of anilines is 1. The van der Waals surface area contributed by atoms with Gasteiger partial charge in [-0.25, -0.2) is 0 Å². The highest BCUT2D eigenvalue weighted by molar-refractivity contribution is 9.10. The summed E-state index contributed by atoms with van der Waals surface area (Å²) in [7, 11) is 1.80. The fourth-order valence-corrected chi connectivity index (χ4v) is 3.06. The number of fused-ring (bicyclic) bond motifs is 1. The van der Waals surface area contributed by atoms with Crippen LogP contribution in [0.3, 0.4) is 0 Å². The minimum Gasteiger partial charge on any atom is -0.299 e. The van der Waals surface area contributed by atoms with E-state index in [0.29, 0.717) is 16.3 Å². The molecule has 2 aromatic rings. The second-order valence-corrected chi connectivity index (χ2v) is 6.08. The quantitative estimate of drug-likeness (QED) is 0.766. The maximum Gasteiger partial charge on any atom is 0.299 e. The molecule has 0 aliphatic carbocycles. The number of halogens is 2. The fourth-order valence-electron chi connectivity index (χ4n) is 2.43. The van der Waals surface area contributed by atoms with Crippen LogP contribution in [0, 0.1) is 6.92 Å². The molecule has 5 nitrogen and oxygen atoms in total. The van der Waals surface area contributed by atoms with Crippen LogP contribution in [0.2, 0.25) is 5.02 Å². The Hall–Kier alpha value is -1.66. The Kier molecular flexibility index (Phi) is 3.37. The summed E-state index contributed by atoms with van der Waals surface area (Å²) in [5.41, 5.74) is 2.60. The van der Waals surface area contributed by atoms with Crippen molar-refractivity contribution in [1.29, 1.82) is 0 Å². The first-order valence-electron chi connectivity index (χ1n) is 6.24. The number of ketones is 1. The lowest BCUT2D eigenvalue weighted by Crippen LogP contribution is -2.30. The van der Waals surface area contributed by atoms with E-state index in [9.17, 15) is 9.59 Å². The molecular formula is C14H11BrClN3O2. The van der Waals surface area contributed by atoms with Crippen LogP contribution in [0.4, 0.5) is 5.69 Å². The summed E-state index contributed by atoms with van der Waals surface area (Å²) in [6, 6.07) is 4.89. The third-order valence-electron chi connectivity index (χ3n) is 3.50. The minimum atomic E-state index is -0.544. The highest BCUT2D eigenvalue weighted by Gasteiger charge is 2.36. The Morgan fingerprint density at radius 2 is 2.05 bits per heavy atom. The smallest absolute Gasteiger partial charge is 0.299 e. The van der Waals surface area contributed by atoms with Gasteiger partial charge in [-0.2, -0.15) is 5.10 Å². The Bertz CT molecular complexity index is 785. The zero-order chi connectivity index (χ0) is 15.3. The average molecular weight is 369 g/mol. The first-order valence-corrected chi connectivity index (χ1v) is 7.41. The van der Waals surface area contributed by atoms with Gasteiger partial charge in [-0.05, 0) is 41.1 Å². The van der Waals surface area contributed by atoms with E-state index < -0.39 is 11.7 Å². The first kappa shape index (κ1) is 14.3. The van der Waals surface area contributed by atoms with Crippen LogP contribution < -0.4 is 4.90 Å². The van der Waals surface area contributed by atoms with Gasteiger partial charge in [0.1, 0.15) is 0 Å². The van der Waals surface area contributed by atoms with Crippen molar-refractivity contribution >= 4 is 44.9 Å². The van der Waals surface area contributed by atoms with E-state index in [-0.39, 0.29) is 6.54 Å². The minimum absolute atomic E-state index is 0.275. The molecule has 0 N–H and O–H groups in total. The largest absolute Gasteiger partial charge is 0.299 e. The molecule has 1 aromatic heterocycles. The zero-order valence-electron chi connectivity index (χ0n) is 11.4. The van der Waals surface area contributed by atoms with Gasteiger partial charge in [0.05, 0.1) is 33.7 Å². The van der Waals surface area contributed by atoms with Crippen molar-refractivity contribution in [3.63, 3.8) is 0 Å². The van der Waals surface area contributed by atoms with Crippen LogP contribution in [0.1, 0.15) is 21.7 Å². The zero-order valence-corrected chi connectivity index (χ0v) is 13.7. The molecule has 1 aliphatic heterocycles. The van der Waals surface area contributed by atoms with E-state index >= 15 is 0 Å². The Labute approximate surface area is 134 Å². The summed E-state index contributed by atoms with van der Waals surface area (Å²) < 4.78 is 2.54. The van der Waals surface area contributed by atoms with Gasteiger partial charge in [0.15, 0.2) is 0 Å². The van der Waals surface area contributed by atoms with E-state index in [1.54, 1.807) is 23.9 Å². The molecule has 0 unspecified atom stereocenters. The highest BCUT2D eigenvalue weighted by Crippen LogP contribution is 2.33. The maximum absolute atomic E-state index is 12.2. The Balaban J connectivity index is 2.04. The van der Waals surface area contributed by atoms with Gasteiger partial charge in [0.2, 0.25) is 0 Å². The number of amides is 1. The summed E-state index contributed by atoms with van der Waals surface area (Å²) >= 11 is 9.36. The molecule has 0 fully saturated rings. The molecule has 0 saturated carbocycles. The van der Waals surface area contributed by atoms with Crippen LogP contribution in [0.15, 0.2) is 22.7 Å². The lowest BCUT2D eigenvalue weighted by Gasteiger charge is -2.17. The molecular weight excluding hydrogens is 358 g/mol. The Morgan fingerprint density at radius 1 is 1.33 bits per heavy atom. The number of carbonyl (C=O) groups excluding carboxylic acids is 2. The van der Waals surface area contributed by atoms with E-state index in [4.69, 9.17) is 11.6 Å². The van der Waals surface area contributed by atoms with Crippen LogP contribution in [-0.2, 0) is 18.4 Å². The third kappa shape index (κ3) is 2.18. The number of Topliss-reactive ketones (excluding diaryl/α,β-unsaturated/α-hetero) is 1. The van der Waals surface area contributed by atoms with E-state index in [1.807, 2.05) is 6.92 Å². The molecule has 0 spiro atoms. The molecule has 0 atom stereocenters. The fraction of sp³-hybridized carbons (Fsp3) is 0.214. The van der Waals surface area contributed by atoms with Crippen molar-refractivity contribution in [3.05, 3.63) is 44.6 Å². The van der Waals surface area contributed by atoms with Gasteiger partial charge in [-0.1, -0.05) is 11.6 Å². The second kappa shape index (κ2) is 4.96. The number of benzene rings is 1. The summed E-state index contributed by atoms with van der Waals surface area (Å²) in [5.74, 6) is -1.07. The van der Waals surface area contributed by atoms with Crippen LogP contribution in [0.5, 0.6) is 0 Å². The van der Waals surface area contributed by atoms with Crippen molar-refractivity contribution in [3.8, 4) is 0 Å². The molecule has 1 amide bonds. The molecule has 0 bridgehead atoms. The topological polar surface area (TPSA) is 55.2 Å². The number of rotatable bonds is 2. The number of hydrogen-bond donors (Lipinski definition) is 0. The lowest BCUT2D eigenvalue weighted by molar-refractivity contribution is -0.114. The number of nitrogens with zero attached hydrogens (tertiary/aromatic N) is 3. The molecule has 0 radical (unpaired) electrons. The van der Waals surface area contributed by atoms with Crippen molar-refractivity contribution in [2.24, 2.45) is 7.05 Å². The van der Waals surface area contributed by atoms with Crippen molar-refractivity contribution in [2.45, 2.75) is 13.5 Å². The van der Waals surface area contributed by atoms with Crippen molar-refractivity contribution in [2.75, 3.05) is 4.90 Å². The van der Waals surface area contributed by atoms with E-state index in [2.05, 4.69) is 21.0 Å². The average Bonchev–Trinajstić information content (AvgIpc) is 2.81. The van der Waals surface area contributed by atoms with Gasteiger partial charge in [0.25, 0.3) is 11.7 Å². The normalized spacial score (nSPS) is 14.0. The summed E-state index contributed by atoms with van der Waals surface area (Å²) in [6.45, 7) is 2.15. The molecule has 0 saturated heterocycles. The molecule has 21 heavy (non-hydrogen) atoms. The van der Waals surface area contributed by atoms with Crippen LogP contribution in [0.25, 0.3) is 0 Å². The third-order valence-corrected chi connectivity index (χ3v) is 4.77. The monoisotopic (exact) mass is 367 g/mol. The standard InChI is InChI=1S/C14H11BrClN3O2/c1-7-12(15)11(18(2)17-7)6-19-10-4-3-8(16)5-9(10)13(20)14(19)21/h3-5H,6H2,1-2H3. The van der Waals surface area contributed by atoms with Gasteiger partial charge >= 0.3 is 0 Å². The van der Waals surface area contributed by atoms with Gasteiger partial charge in [-0.15, -0.1) is 0 Å². The second-order valence-electron chi connectivity index (χ2n) is 4.85. The van der Waals surface area contributed by atoms with Gasteiger partial charge < -0.3 is 0 Å². The molecule has 2 heterocycles. The van der Waals surface area contributed by atoms with Crippen LogP contribution in [-0.4, -0.2) is 21.5 Å². The number of aromatic nitrogens is 2. The lowest BCUT2D eigenvalue weighted by atomic mass is 10.1. The molecule has 1 aliphatic rings. The number of hydrogen-bond acceptors (Lipinski definition) is 3. The summed E-state index contributed by atoms with van der Waals surface area (Å²) in [6.07, 6.45) is 0. The highest BCUT2D eigenvalue weighted by atomic mass is 79.9. The predicted molar refractivity (Wildman–Crippen MR) is 82.6 cm³/mol. The Morgan fingerprint density at radius 3 is 2.67 bits per heavy atom. The number of aryl methyl sites for hydroxylation is 2. The van der Waals surface area contributed by atoms with Crippen molar-refractivity contribution < 1.29 is 9.59 Å². The SMILES string of the molecule is Cc1nn(C)c(CN2C(=O)C(=O)c3cc(Cl)ccc32)c1Br. The molecule has 1 aromatic carbocycles. The van der Waals surface area contributed by atoms with Gasteiger partial charge in [-0.3, -0.25) is 19.2 Å². The van der Waals surface area contributed by atoms with E-state index in [0.717, 1.165) is 15.9 Å². The summed E-state index contributed by atoms with van der Waals surface area (Å²) in [5, 5.41) is 4.73. The molecule has 7 heteroatoms.